The van der Waals surface area contributed by atoms with Gasteiger partial charge in [0.1, 0.15) is 5.03 Å². The average molecular weight is 322 g/mol. The minimum atomic E-state index is -1.04. The van der Waals surface area contributed by atoms with Gasteiger partial charge in [-0.15, -0.1) is 11.3 Å². The second-order valence-corrected chi connectivity index (χ2v) is 6.20. The third-order valence-electron chi connectivity index (χ3n) is 2.69. The zero-order valence-corrected chi connectivity index (χ0v) is 12.9. The van der Waals surface area contributed by atoms with Gasteiger partial charge in [0.15, 0.2) is 0 Å². The van der Waals surface area contributed by atoms with E-state index in [0.717, 1.165) is 16.6 Å². The third-order valence-corrected chi connectivity index (χ3v) is 4.75. The minimum Gasteiger partial charge on any atom is -0.478 e. The zero-order chi connectivity index (χ0) is 15.2. The molecule has 2 heterocycles. The number of amides is 1. The topological polar surface area (TPSA) is 79.3 Å². The maximum Gasteiger partial charge on any atom is 0.338 e. The van der Waals surface area contributed by atoms with Crippen LogP contribution < -0.4 is 5.32 Å². The van der Waals surface area contributed by atoms with Crippen molar-refractivity contribution in [1.82, 2.24) is 10.3 Å². The highest BCUT2D eigenvalue weighted by Crippen LogP contribution is 2.21. The molecule has 2 rings (SSSR count). The number of nitrogens with one attached hydrogen (secondary N) is 1. The summed E-state index contributed by atoms with van der Waals surface area (Å²) in [5, 5.41) is 14.2. The van der Waals surface area contributed by atoms with Crippen molar-refractivity contribution in [3.8, 4) is 0 Å². The van der Waals surface area contributed by atoms with Gasteiger partial charge in [-0.2, -0.15) is 0 Å². The molecule has 2 aromatic heterocycles. The minimum absolute atomic E-state index is 0.0548. The fourth-order valence-electron chi connectivity index (χ4n) is 1.69. The number of carbonyl (C=O) groups excluding carboxylic acids is 1. The molecule has 2 N–H and O–H groups in total. The molecule has 1 amide bonds. The highest BCUT2D eigenvalue weighted by Gasteiger charge is 2.14. The van der Waals surface area contributed by atoms with Gasteiger partial charge in [0.05, 0.1) is 17.4 Å². The first-order valence-corrected chi connectivity index (χ1v) is 8.08. The summed E-state index contributed by atoms with van der Waals surface area (Å²) in [5.41, 5.74) is 0.113. The molecule has 0 aromatic carbocycles. The second kappa shape index (κ2) is 7.24. The molecule has 0 aliphatic carbocycles. The van der Waals surface area contributed by atoms with Gasteiger partial charge in [-0.1, -0.05) is 17.8 Å². The van der Waals surface area contributed by atoms with Crippen LogP contribution in [0.3, 0.4) is 0 Å². The first-order chi connectivity index (χ1) is 10.1. The maximum absolute atomic E-state index is 11.9. The van der Waals surface area contributed by atoms with Crippen LogP contribution >= 0.6 is 23.1 Å². The summed E-state index contributed by atoms with van der Waals surface area (Å²) in [4.78, 5) is 28.0. The first-order valence-electron chi connectivity index (χ1n) is 6.22. The van der Waals surface area contributed by atoms with Crippen molar-refractivity contribution in [3.05, 3.63) is 46.3 Å². The van der Waals surface area contributed by atoms with E-state index >= 15 is 0 Å². The fourth-order valence-corrected chi connectivity index (χ4v) is 3.23. The van der Waals surface area contributed by atoms with E-state index < -0.39 is 5.97 Å². The molecule has 2 aromatic rings. The van der Waals surface area contributed by atoms with E-state index in [2.05, 4.69) is 10.3 Å². The lowest BCUT2D eigenvalue weighted by Gasteiger charge is -2.12. The van der Waals surface area contributed by atoms with Gasteiger partial charge in [-0.25, -0.2) is 9.78 Å². The van der Waals surface area contributed by atoms with E-state index in [-0.39, 0.29) is 23.3 Å². The second-order valence-electron chi connectivity index (χ2n) is 4.25. The number of aromatic carboxylic acids is 1. The number of hydrogen-bond donors (Lipinski definition) is 2. The number of carbonyl (C=O) groups is 2. The number of aromatic nitrogens is 1. The van der Waals surface area contributed by atoms with E-state index in [4.69, 9.17) is 5.11 Å². The predicted octanol–water partition coefficient (Wildman–Crippen LogP) is 2.81. The number of hydrogen-bond acceptors (Lipinski definition) is 5. The Bertz CT molecular complexity index is 629. The number of rotatable bonds is 6. The summed E-state index contributed by atoms with van der Waals surface area (Å²) >= 11 is 2.70. The number of thioether (sulfide) groups is 1. The van der Waals surface area contributed by atoms with Crippen LogP contribution in [0.2, 0.25) is 0 Å². The van der Waals surface area contributed by atoms with E-state index in [1.54, 1.807) is 17.4 Å². The molecule has 5 nitrogen and oxygen atoms in total. The lowest BCUT2D eigenvalue weighted by Crippen LogP contribution is -2.27. The van der Waals surface area contributed by atoms with E-state index in [1.165, 1.54) is 12.3 Å². The zero-order valence-electron chi connectivity index (χ0n) is 11.3. The van der Waals surface area contributed by atoms with Crippen molar-refractivity contribution < 1.29 is 14.7 Å². The lowest BCUT2D eigenvalue weighted by molar-refractivity contribution is -0.119. The summed E-state index contributed by atoms with van der Waals surface area (Å²) in [7, 11) is 0. The number of nitrogens with zero attached hydrogens (tertiary/aromatic N) is 1. The highest BCUT2D eigenvalue weighted by atomic mass is 32.2. The predicted molar refractivity (Wildman–Crippen MR) is 82.8 cm³/mol. The molecule has 0 bridgehead atoms. The molecule has 0 fully saturated rings. The smallest absolute Gasteiger partial charge is 0.338 e. The van der Waals surface area contributed by atoms with Crippen LogP contribution in [-0.2, 0) is 4.79 Å². The molecular formula is C14H14N2O3S2. The molecule has 21 heavy (non-hydrogen) atoms. The summed E-state index contributed by atoms with van der Waals surface area (Å²) in [6, 6.07) is 6.88. The summed E-state index contributed by atoms with van der Waals surface area (Å²) in [5.74, 6) is -1.06. The van der Waals surface area contributed by atoms with Crippen molar-refractivity contribution >= 4 is 35.0 Å². The maximum atomic E-state index is 11.9. The summed E-state index contributed by atoms with van der Waals surface area (Å²) < 4.78 is 0. The molecule has 110 valence electrons. The highest BCUT2D eigenvalue weighted by molar-refractivity contribution is 8.00. The van der Waals surface area contributed by atoms with E-state index in [9.17, 15) is 9.59 Å². The number of thiophene rings is 1. The van der Waals surface area contributed by atoms with E-state index in [0.29, 0.717) is 5.03 Å². The average Bonchev–Trinajstić information content (AvgIpc) is 2.99. The summed E-state index contributed by atoms with van der Waals surface area (Å²) in [6.07, 6.45) is 1.51. The number of carboxylic acid groups (broad SMARTS) is 1. The van der Waals surface area contributed by atoms with Crippen LogP contribution in [0.4, 0.5) is 0 Å². The molecule has 0 spiro atoms. The Kier molecular flexibility index (Phi) is 5.35. The molecular weight excluding hydrogens is 308 g/mol. The van der Waals surface area contributed by atoms with Crippen molar-refractivity contribution in [3.63, 3.8) is 0 Å². The Hall–Kier alpha value is -1.86. The van der Waals surface area contributed by atoms with E-state index in [1.807, 2.05) is 24.4 Å². The van der Waals surface area contributed by atoms with Gasteiger partial charge >= 0.3 is 5.97 Å². The number of pyridine rings is 1. The molecule has 1 unspecified atom stereocenters. The van der Waals surface area contributed by atoms with Gasteiger partial charge in [0.2, 0.25) is 5.91 Å². The quantitative estimate of drug-likeness (QED) is 0.800. The fraction of sp³-hybridized carbons (Fsp3) is 0.214. The molecule has 1 atom stereocenters. The Morgan fingerprint density at radius 3 is 2.90 bits per heavy atom. The van der Waals surface area contributed by atoms with Crippen LogP contribution in [0.15, 0.2) is 40.9 Å². The SMILES string of the molecule is CC(NC(=O)CSc1ncccc1C(=O)O)c1cccs1. The van der Waals surface area contributed by atoms with Crippen molar-refractivity contribution in [2.75, 3.05) is 5.75 Å². The molecule has 0 saturated heterocycles. The van der Waals surface area contributed by atoms with Gasteiger partial charge in [-0.05, 0) is 30.5 Å². The number of carboxylic acids is 1. The van der Waals surface area contributed by atoms with Crippen molar-refractivity contribution in [2.45, 2.75) is 18.0 Å². The molecule has 0 aliphatic heterocycles. The van der Waals surface area contributed by atoms with Gasteiger partial charge in [-0.3, -0.25) is 4.79 Å². The lowest BCUT2D eigenvalue weighted by atomic mass is 10.3. The Labute approximate surface area is 130 Å². The standard InChI is InChI=1S/C14H14N2O3S2/c1-9(11-5-3-7-20-11)16-12(17)8-21-13-10(14(18)19)4-2-6-15-13/h2-7,9H,8H2,1H3,(H,16,17)(H,18,19). The van der Waals surface area contributed by atoms with Gasteiger partial charge in [0, 0.05) is 11.1 Å². The van der Waals surface area contributed by atoms with Crippen molar-refractivity contribution in [2.24, 2.45) is 0 Å². The van der Waals surface area contributed by atoms with Crippen LogP contribution in [0.5, 0.6) is 0 Å². The van der Waals surface area contributed by atoms with Crippen LogP contribution in [0, 0.1) is 0 Å². The van der Waals surface area contributed by atoms with Gasteiger partial charge < -0.3 is 10.4 Å². The van der Waals surface area contributed by atoms with Crippen LogP contribution in [-0.4, -0.2) is 27.7 Å². The van der Waals surface area contributed by atoms with Gasteiger partial charge in [0.25, 0.3) is 0 Å². The Morgan fingerprint density at radius 2 is 2.24 bits per heavy atom. The van der Waals surface area contributed by atoms with Crippen molar-refractivity contribution in [1.29, 1.82) is 0 Å². The molecule has 0 saturated carbocycles. The summed E-state index contributed by atoms with van der Waals surface area (Å²) in [6.45, 7) is 1.91. The Balaban J connectivity index is 1.91. The third kappa shape index (κ3) is 4.30. The largest absolute Gasteiger partial charge is 0.478 e. The monoisotopic (exact) mass is 322 g/mol. The Morgan fingerprint density at radius 1 is 1.43 bits per heavy atom. The first kappa shape index (κ1) is 15.5. The molecule has 0 aliphatic rings. The normalized spacial score (nSPS) is 11.9. The molecule has 0 radical (unpaired) electrons. The van der Waals surface area contributed by atoms with Crippen LogP contribution in [0.1, 0.15) is 28.2 Å². The molecule has 7 heteroatoms. The van der Waals surface area contributed by atoms with Crippen LogP contribution in [0.25, 0.3) is 0 Å².